The van der Waals surface area contributed by atoms with Gasteiger partial charge in [-0.05, 0) is 42.9 Å². The Morgan fingerprint density at radius 2 is 1.91 bits per heavy atom. The molecule has 22 heavy (non-hydrogen) atoms. The van der Waals surface area contributed by atoms with Crippen LogP contribution < -0.4 is 14.8 Å². The molecular weight excluding hydrogens is 274 g/mol. The monoisotopic (exact) mass is 305 g/mol. The summed E-state index contributed by atoms with van der Waals surface area (Å²) >= 11 is 0. The number of hydrogen-bond acceptors (Lipinski definition) is 3. The number of rotatable bonds is 8. The van der Waals surface area contributed by atoms with Gasteiger partial charge in [-0.2, -0.15) is 0 Å². The van der Waals surface area contributed by atoms with Crippen LogP contribution in [0.3, 0.4) is 0 Å². The minimum atomic E-state index is 0.657. The van der Waals surface area contributed by atoms with Crippen molar-refractivity contribution in [3.63, 3.8) is 0 Å². The maximum atomic E-state index is 5.84. The van der Waals surface area contributed by atoms with Crippen LogP contribution in [0.1, 0.15) is 57.9 Å². The van der Waals surface area contributed by atoms with E-state index in [9.17, 15) is 0 Å². The van der Waals surface area contributed by atoms with Crippen molar-refractivity contribution in [2.45, 2.75) is 65.0 Å². The largest absolute Gasteiger partial charge is 0.493 e. The smallest absolute Gasteiger partial charge is 0.161 e. The Kier molecular flexibility index (Phi) is 7.04. The van der Waals surface area contributed by atoms with Gasteiger partial charge in [0.05, 0.1) is 13.7 Å². The molecule has 0 bridgehead atoms. The lowest BCUT2D eigenvalue weighted by Gasteiger charge is -2.23. The number of methoxy groups -OCH3 is 1. The van der Waals surface area contributed by atoms with Crippen LogP contribution in [-0.4, -0.2) is 19.8 Å². The van der Waals surface area contributed by atoms with Gasteiger partial charge in [-0.1, -0.05) is 39.2 Å². The highest BCUT2D eigenvalue weighted by Crippen LogP contribution is 2.28. The second kappa shape index (κ2) is 9.04. The first kappa shape index (κ1) is 17.1. The second-order valence-corrected chi connectivity index (χ2v) is 6.73. The fourth-order valence-electron chi connectivity index (χ4n) is 2.91. The first-order valence-electron chi connectivity index (χ1n) is 8.72. The molecule has 1 N–H and O–H groups in total. The van der Waals surface area contributed by atoms with Crippen LogP contribution in [0.15, 0.2) is 18.2 Å². The van der Waals surface area contributed by atoms with Crippen molar-refractivity contribution in [1.82, 2.24) is 5.32 Å². The van der Waals surface area contributed by atoms with Gasteiger partial charge in [0, 0.05) is 12.6 Å². The number of nitrogens with one attached hydrogen (secondary N) is 1. The fourth-order valence-corrected chi connectivity index (χ4v) is 2.91. The maximum Gasteiger partial charge on any atom is 0.161 e. The van der Waals surface area contributed by atoms with Gasteiger partial charge >= 0.3 is 0 Å². The highest BCUT2D eigenvalue weighted by Gasteiger charge is 2.13. The standard InChI is InChI=1S/C19H31NO2/c1-15(2)11-12-22-18-10-9-16(13-19(18)21-3)14-20-17-7-5-4-6-8-17/h9-10,13,15,17,20H,4-8,11-12,14H2,1-3H3. The second-order valence-electron chi connectivity index (χ2n) is 6.73. The number of hydrogen-bond donors (Lipinski definition) is 1. The Hall–Kier alpha value is -1.22. The number of ether oxygens (including phenoxy) is 2. The van der Waals surface area contributed by atoms with E-state index in [1.165, 1.54) is 37.7 Å². The van der Waals surface area contributed by atoms with Crippen molar-refractivity contribution in [3.8, 4) is 11.5 Å². The molecule has 1 aliphatic carbocycles. The van der Waals surface area contributed by atoms with E-state index in [2.05, 4.69) is 31.3 Å². The van der Waals surface area contributed by atoms with Crippen LogP contribution in [-0.2, 0) is 6.54 Å². The molecule has 0 amide bonds. The highest BCUT2D eigenvalue weighted by atomic mass is 16.5. The zero-order valence-electron chi connectivity index (χ0n) is 14.4. The predicted octanol–water partition coefficient (Wildman–Crippen LogP) is 4.54. The molecule has 0 aliphatic heterocycles. The van der Waals surface area contributed by atoms with Crippen LogP contribution in [0.2, 0.25) is 0 Å². The van der Waals surface area contributed by atoms with Gasteiger partial charge in [0.15, 0.2) is 11.5 Å². The average Bonchev–Trinajstić information content (AvgIpc) is 2.54. The van der Waals surface area contributed by atoms with Gasteiger partial charge in [-0.25, -0.2) is 0 Å². The van der Waals surface area contributed by atoms with Gasteiger partial charge in [-0.15, -0.1) is 0 Å². The maximum absolute atomic E-state index is 5.84. The van der Waals surface area contributed by atoms with Gasteiger partial charge < -0.3 is 14.8 Å². The normalized spacial score (nSPS) is 16.0. The lowest BCUT2D eigenvalue weighted by atomic mass is 9.95. The summed E-state index contributed by atoms with van der Waals surface area (Å²) in [7, 11) is 1.71. The third-order valence-electron chi connectivity index (χ3n) is 4.38. The Labute approximate surface area is 135 Å². The van der Waals surface area contributed by atoms with E-state index in [0.29, 0.717) is 12.0 Å². The molecule has 1 aromatic carbocycles. The quantitative estimate of drug-likeness (QED) is 0.764. The predicted molar refractivity (Wildman–Crippen MR) is 91.7 cm³/mol. The molecule has 2 rings (SSSR count). The van der Waals surface area contributed by atoms with E-state index in [0.717, 1.165) is 31.1 Å². The van der Waals surface area contributed by atoms with Crippen molar-refractivity contribution in [2.24, 2.45) is 5.92 Å². The third-order valence-corrected chi connectivity index (χ3v) is 4.38. The van der Waals surface area contributed by atoms with Gasteiger partial charge in [-0.3, -0.25) is 0 Å². The zero-order valence-corrected chi connectivity index (χ0v) is 14.4. The molecule has 0 spiro atoms. The molecule has 0 unspecified atom stereocenters. The summed E-state index contributed by atoms with van der Waals surface area (Å²) in [4.78, 5) is 0. The summed E-state index contributed by atoms with van der Waals surface area (Å²) in [6.45, 7) is 6.07. The summed E-state index contributed by atoms with van der Waals surface area (Å²) in [5.41, 5.74) is 1.26. The van der Waals surface area contributed by atoms with Gasteiger partial charge in [0.25, 0.3) is 0 Å². The highest BCUT2D eigenvalue weighted by molar-refractivity contribution is 5.42. The first-order valence-corrected chi connectivity index (χ1v) is 8.72. The van der Waals surface area contributed by atoms with E-state index in [1.807, 2.05) is 6.07 Å². The van der Waals surface area contributed by atoms with Gasteiger partial charge in [0.2, 0.25) is 0 Å². The lowest BCUT2D eigenvalue weighted by Crippen LogP contribution is -2.30. The Bertz CT molecular complexity index is 439. The molecule has 0 radical (unpaired) electrons. The molecule has 1 fully saturated rings. The molecule has 1 aliphatic rings. The van der Waals surface area contributed by atoms with Gasteiger partial charge in [0.1, 0.15) is 0 Å². The van der Waals surface area contributed by atoms with Crippen LogP contribution in [0.25, 0.3) is 0 Å². The molecule has 0 saturated heterocycles. The van der Waals surface area contributed by atoms with Crippen molar-refractivity contribution in [3.05, 3.63) is 23.8 Å². The van der Waals surface area contributed by atoms with Crippen molar-refractivity contribution < 1.29 is 9.47 Å². The first-order chi connectivity index (χ1) is 10.7. The minimum absolute atomic E-state index is 0.657. The molecule has 0 atom stereocenters. The van der Waals surface area contributed by atoms with E-state index < -0.39 is 0 Å². The third kappa shape index (κ3) is 5.53. The summed E-state index contributed by atoms with van der Waals surface area (Å²) in [5.74, 6) is 2.35. The van der Waals surface area contributed by atoms with Crippen LogP contribution in [0.5, 0.6) is 11.5 Å². The summed E-state index contributed by atoms with van der Waals surface area (Å²) < 4.78 is 11.3. The lowest BCUT2D eigenvalue weighted by molar-refractivity contribution is 0.272. The topological polar surface area (TPSA) is 30.5 Å². The molecule has 1 saturated carbocycles. The van der Waals surface area contributed by atoms with Crippen LogP contribution in [0, 0.1) is 5.92 Å². The Balaban J connectivity index is 1.87. The summed E-state index contributed by atoms with van der Waals surface area (Å²) in [5, 5.41) is 3.67. The molecule has 1 aromatic rings. The summed E-state index contributed by atoms with van der Waals surface area (Å²) in [6.07, 6.45) is 7.82. The van der Waals surface area contributed by atoms with E-state index >= 15 is 0 Å². The van der Waals surface area contributed by atoms with E-state index in [-0.39, 0.29) is 0 Å². The molecule has 0 aromatic heterocycles. The molecule has 124 valence electrons. The van der Waals surface area contributed by atoms with Crippen LogP contribution >= 0.6 is 0 Å². The van der Waals surface area contributed by atoms with E-state index in [1.54, 1.807) is 7.11 Å². The summed E-state index contributed by atoms with van der Waals surface area (Å²) in [6, 6.07) is 6.96. The zero-order chi connectivity index (χ0) is 15.8. The van der Waals surface area contributed by atoms with Crippen molar-refractivity contribution in [2.75, 3.05) is 13.7 Å². The fraction of sp³-hybridized carbons (Fsp3) is 0.684. The SMILES string of the molecule is COc1cc(CNC2CCCCC2)ccc1OCCC(C)C. The Morgan fingerprint density at radius 1 is 1.14 bits per heavy atom. The van der Waals surface area contributed by atoms with Crippen LogP contribution in [0.4, 0.5) is 0 Å². The number of benzene rings is 1. The molecular formula is C19H31NO2. The average molecular weight is 305 g/mol. The minimum Gasteiger partial charge on any atom is -0.493 e. The molecule has 0 heterocycles. The van der Waals surface area contributed by atoms with E-state index in [4.69, 9.17) is 9.47 Å². The molecule has 3 heteroatoms. The van der Waals surface area contributed by atoms with Crippen molar-refractivity contribution in [1.29, 1.82) is 0 Å². The molecule has 3 nitrogen and oxygen atoms in total. The Morgan fingerprint density at radius 3 is 2.59 bits per heavy atom. The van der Waals surface area contributed by atoms with Crippen molar-refractivity contribution >= 4 is 0 Å².